The number of halogens is 1. The lowest BCUT2D eigenvalue weighted by Crippen LogP contribution is -2.28. The molecular formula is C19H20ClN5O2. The third-order valence-corrected chi connectivity index (χ3v) is 5.12. The molecule has 2 unspecified atom stereocenters. The third-order valence-electron chi connectivity index (χ3n) is 4.78. The van der Waals surface area contributed by atoms with Crippen molar-refractivity contribution in [3.8, 4) is 11.5 Å². The number of anilines is 2. The molecule has 0 fully saturated rings. The van der Waals surface area contributed by atoms with Crippen LogP contribution >= 0.6 is 11.6 Å². The van der Waals surface area contributed by atoms with E-state index < -0.39 is 0 Å². The molecular weight excluding hydrogens is 366 g/mol. The Bertz CT molecular complexity index is 974. The largest absolute Gasteiger partial charge is 0.493 e. The van der Waals surface area contributed by atoms with Gasteiger partial charge in [-0.3, -0.25) is 0 Å². The molecule has 4 rings (SSSR count). The van der Waals surface area contributed by atoms with Gasteiger partial charge in [-0.25, -0.2) is 4.68 Å². The molecule has 0 amide bonds. The van der Waals surface area contributed by atoms with Gasteiger partial charge < -0.3 is 20.5 Å². The first-order chi connectivity index (χ1) is 13.1. The van der Waals surface area contributed by atoms with Crippen LogP contribution in [0.25, 0.3) is 0 Å². The van der Waals surface area contributed by atoms with Crippen molar-refractivity contribution in [2.75, 3.05) is 25.3 Å². The van der Waals surface area contributed by atoms with Crippen LogP contribution in [0.15, 0.2) is 42.5 Å². The van der Waals surface area contributed by atoms with Crippen molar-refractivity contribution in [3.05, 3.63) is 58.6 Å². The summed E-state index contributed by atoms with van der Waals surface area (Å²) in [5.74, 6) is 2.18. The molecule has 0 radical (unpaired) electrons. The van der Waals surface area contributed by atoms with E-state index in [0.29, 0.717) is 22.5 Å². The van der Waals surface area contributed by atoms with Crippen molar-refractivity contribution in [2.24, 2.45) is 0 Å². The van der Waals surface area contributed by atoms with E-state index in [0.717, 1.165) is 17.5 Å². The molecule has 2 atom stereocenters. The summed E-state index contributed by atoms with van der Waals surface area (Å²) in [6.45, 7) is 0. The Balaban J connectivity index is 1.78. The van der Waals surface area contributed by atoms with E-state index >= 15 is 0 Å². The number of methoxy groups -OCH3 is 2. The number of rotatable bonds is 4. The predicted molar refractivity (Wildman–Crippen MR) is 105 cm³/mol. The van der Waals surface area contributed by atoms with Crippen LogP contribution in [0.2, 0.25) is 5.02 Å². The molecule has 1 aliphatic heterocycles. The van der Waals surface area contributed by atoms with Gasteiger partial charge in [-0.2, -0.15) is 4.98 Å². The SMILES string of the molecule is COc1ccc(C2CC(c3ccccc3Cl)Nc3nc(N)nn32)cc1OC. The Morgan fingerprint density at radius 2 is 1.93 bits per heavy atom. The van der Waals surface area contributed by atoms with Crippen molar-refractivity contribution in [3.63, 3.8) is 0 Å². The van der Waals surface area contributed by atoms with E-state index in [9.17, 15) is 0 Å². The number of aromatic nitrogens is 3. The topological polar surface area (TPSA) is 87.2 Å². The summed E-state index contributed by atoms with van der Waals surface area (Å²) in [5, 5.41) is 8.48. The molecule has 7 nitrogen and oxygen atoms in total. The molecule has 8 heteroatoms. The normalized spacial score (nSPS) is 18.5. The van der Waals surface area contributed by atoms with E-state index in [4.69, 9.17) is 26.8 Å². The molecule has 0 aliphatic carbocycles. The molecule has 27 heavy (non-hydrogen) atoms. The molecule has 0 spiro atoms. The average molecular weight is 386 g/mol. The maximum absolute atomic E-state index is 6.43. The van der Waals surface area contributed by atoms with Gasteiger partial charge in [-0.15, -0.1) is 5.10 Å². The van der Waals surface area contributed by atoms with Gasteiger partial charge in [0.15, 0.2) is 11.5 Å². The fraction of sp³-hybridized carbons (Fsp3) is 0.263. The molecule has 0 saturated carbocycles. The van der Waals surface area contributed by atoms with Crippen LogP contribution in [-0.2, 0) is 0 Å². The molecule has 1 aromatic heterocycles. The van der Waals surface area contributed by atoms with Crippen molar-refractivity contribution in [2.45, 2.75) is 18.5 Å². The van der Waals surface area contributed by atoms with E-state index in [1.807, 2.05) is 47.1 Å². The zero-order valence-electron chi connectivity index (χ0n) is 15.0. The number of fused-ring (bicyclic) bond motifs is 1. The molecule has 0 bridgehead atoms. The van der Waals surface area contributed by atoms with Gasteiger partial charge in [-0.05, 0) is 35.7 Å². The average Bonchev–Trinajstić information content (AvgIpc) is 3.07. The fourth-order valence-corrected chi connectivity index (χ4v) is 3.76. The summed E-state index contributed by atoms with van der Waals surface area (Å²) >= 11 is 6.43. The van der Waals surface area contributed by atoms with Gasteiger partial charge in [-0.1, -0.05) is 35.9 Å². The Morgan fingerprint density at radius 3 is 2.67 bits per heavy atom. The van der Waals surface area contributed by atoms with Gasteiger partial charge in [0, 0.05) is 5.02 Å². The smallest absolute Gasteiger partial charge is 0.241 e. The summed E-state index contributed by atoms with van der Waals surface area (Å²) in [5.41, 5.74) is 7.90. The van der Waals surface area contributed by atoms with E-state index in [1.54, 1.807) is 14.2 Å². The summed E-state index contributed by atoms with van der Waals surface area (Å²) < 4.78 is 12.6. The van der Waals surface area contributed by atoms with Crippen LogP contribution in [0, 0.1) is 0 Å². The lowest BCUT2D eigenvalue weighted by atomic mass is 9.93. The second-order valence-electron chi connectivity index (χ2n) is 6.32. The molecule has 3 aromatic rings. The quantitative estimate of drug-likeness (QED) is 0.712. The minimum Gasteiger partial charge on any atom is -0.493 e. The van der Waals surface area contributed by atoms with Crippen LogP contribution < -0.4 is 20.5 Å². The highest BCUT2D eigenvalue weighted by Gasteiger charge is 2.32. The number of benzene rings is 2. The zero-order chi connectivity index (χ0) is 19.0. The number of nitrogens with one attached hydrogen (secondary N) is 1. The number of hydrogen-bond acceptors (Lipinski definition) is 6. The molecule has 1 aliphatic rings. The Morgan fingerprint density at radius 1 is 1.15 bits per heavy atom. The minimum atomic E-state index is -0.0767. The van der Waals surface area contributed by atoms with Crippen LogP contribution in [0.5, 0.6) is 11.5 Å². The Hall–Kier alpha value is -2.93. The van der Waals surface area contributed by atoms with Crippen molar-refractivity contribution in [1.82, 2.24) is 14.8 Å². The molecule has 0 saturated heterocycles. The molecule has 140 valence electrons. The minimum absolute atomic E-state index is 0.0205. The first kappa shape index (κ1) is 17.5. The van der Waals surface area contributed by atoms with Crippen LogP contribution in [0.1, 0.15) is 29.6 Å². The van der Waals surface area contributed by atoms with Crippen LogP contribution in [0.3, 0.4) is 0 Å². The number of ether oxygens (including phenoxy) is 2. The van der Waals surface area contributed by atoms with Gasteiger partial charge in [0.2, 0.25) is 11.9 Å². The highest BCUT2D eigenvalue weighted by molar-refractivity contribution is 6.31. The standard InChI is InChI=1S/C19H20ClN5O2/c1-26-16-8-7-11(9-17(16)27-2)15-10-14(12-5-3-4-6-13(12)20)22-19-23-18(21)24-25(15)19/h3-9,14-15H,10H2,1-2H3,(H3,21,22,23,24). The van der Waals surface area contributed by atoms with Gasteiger partial charge >= 0.3 is 0 Å². The summed E-state index contributed by atoms with van der Waals surface area (Å²) in [4.78, 5) is 4.33. The summed E-state index contributed by atoms with van der Waals surface area (Å²) in [6.07, 6.45) is 0.731. The van der Waals surface area contributed by atoms with Crippen LogP contribution in [-0.4, -0.2) is 29.0 Å². The van der Waals surface area contributed by atoms with Crippen LogP contribution in [0.4, 0.5) is 11.9 Å². The summed E-state index contributed by atoms with van der Waals surface area (Å²) in [6, 6.07) is 13.5. The van der Waals surface area contributed by atoms with Gasteiger partial charge in [0.05, 0.1) is 26.3 Å². The predicted octanol–water partition coefficient (Wildman–Crippen LogP) is 3.68. The molecule has 3 N–H and O–H groups in total. The monoisotopic (exact) mass is 385 g/mol. The van der Waals surface area contributed by atoms with E-state index in [-0.39, 0.29) is 18.0 Å². The lowest BCUT2D eigenvalue weighted by molar-refractivity contribution is 0.352. The summed E-state index contributed by atoms with van der Waals surface area (Å²) in [7, 11) is 3.24. The number of hydrogen-bond donors (Lipinski definition) is 2. The van der Waals surface area contributed by atoms with Crippen molar-refractivity contribution >= 4 is 23.5 Å². The number of nitrogens with zero attached hydrogens (tertiary/aromatic N) is 3. The Labute approximate surface area is 162 Å². The maximum Gasteiger partial charge on any atom is 0.241 e. The highest BCUT2D eigenvalue weighted by atomic mass is 35.5. The molecule has 2 aromatic carbocycles. The van der Waals surface area contributed by atoms with Crippen molar-refractivity contribution < 1.29 is 9.47 Å². The number of nitrogens with two attached hydrogens (primary N) is 1. The van der Waals surface area contributed by atoms with Crippen molar-refractivity contribution in [1.29, 1.82) is 0 Å². The third kappa shape index (κ3) is 3.14. The number of nitrogen functional groups attached to an aromatic ring is 1. The second kappa shape index (κ2) is 7.00. The highest BCUT2D eigenvalue weighted by Crippen LogP contribution is 2.41. The Kier molecular flexibility index (Phi) is 4.53. The molecule has 2 heterocycles. The first-order valence-electron chi connectivity index (χ1n) is 8.55. The van der Waals surface area contributed by atoms with Gasteiger partial charge in [0.1, 0.15) is 0 Å². The first-order valence-corrected chi connectivity index (χ1v) is 8.93. The fourth-order valence-electron chi connectivity index (χ4n) is 3.49. The van der Waals surface area contributed by atoms with Gasteiger partial charge in [0.25, 0.3) is 0 Å². The lowest BCUT2D eigenvalue weighted by Gasteiger charge is -2.32. The van der Waals surface area contributed by atoms with E-state index in [2.05, 4.69) is 15.4 Å². The zero-order valence-corrected chi connectivity index (χ0v) is 15.8. The second-order valence-corrected chi connectivity index (χ2v) is 6.73. The van der Waals surface area contributed by atoms with E-state index in [1.165, 1.54) is 0 Å². The maximum atomic E-state index is 6.43.